The lowest BCUT2D eigenvalue weighted by atomic mass is 9.79. The lowest BCUT2D eigenvalue weighted by Crippen LogP contribution is -2.47. The molecule has 3 rings (SSSR count). The van der Waals surface area contributed by atoms with Gasteiger partial charge in [-0.2, -0.15) is 0 Å². The second kappa shape index (κ2) is 8.11. The predicted octanol–water partition coefficient (Wildman–Crippen LogP) is 2.85. The Morgan fingerprint density at radius 1 is 1.35 bits per heavy atom. The Morgan fingerprint density at radius 2 is 2.19 bits per heavy atom. The topological polar surface area (TPSA) is 58.6 Å². The molecule has 1 spiro atoms. The number of nitrogens with one attached hydrogen (secondary N) is 1. The van der Waals surface area contributed by atoms with Crippen molar-refractivity contribution in [3.05, 3.63) is 29.3 Å². The van der Waals surface area contributed by atoms with Crippen molar-refractivity contribution in [1.82, 2.24) is 10.2 Å². The number of amides is 2. The summed E-state index contributed by atoms with van der Waals surface area (Å²) in [4.78, 5) is 26.7. The number of piperidine rings is 1. The van der Waals surface area contributed by atoms with Gasteiger partial charge in [0, 0.05) is 26.1 Å². The van der Waals surface area contributed by atoms with Crippen molar-refractivity contribution in [1.29, 1.82) is 0 Å². The van der Waals surface area contributed by atoms with Crippen molar-refractivity contribution in [3.8, 4) is 5.75 Å². The Balaban J connectivity index is 1.47. The maximum Gasteiger partial charge on any atom is 0.228 e. The molecule has 0 aliphatic carbocycles. The van der Waals surface area contributed by atoms with E-state index in [1.807, 2.05) is 17.9 Å². The first-order valence-corrected chi connectivity index (χ1v) is 9.82. The van der Waals surface area contributed by atoms with Crippen LogP contribution >= 0.6 is 0 Å². The van der Waals surface area contributed by atoms with Crippen molar-refractivity contribution in [3.63, 3.8) is 0 Å². The molecule has 142 valence electrons. The van der Waals surface area contributed by atoms with Crippen LogP contribution in [0.5, 0.6) is 5.75 Å². The molecule has 0 saturated carbocycles. The van der Waals surface area contributed by atoms with Gasteiger partial charge in [-0.05, 0) is 63.1 Å². The van der Waals surface area contributed by atoms with Gasteiger partial charge in [-0.1, -0.05) is 12.1 Å². The Labute approximate surface area is 156 Å². The Bertz CT molecular complexity index is 673. The zero-order chi connectivity index (χ0) is 18.6. The molecule has 2 aliphatic rings. The van der Waals surface area contributed by atoms with E-state index in [9.17, 15) is 9.59 Å². The van der Waals surface area contributed by atoms with Crippen molar-refractivity contribution >= 4 is 11.8 Å². The number of benzene rings is 1. The first kappa shape index (κ1) is 18.7. The quantitative estimate of drug-likeness (QED) is 0.851. The predicted molar refractivity (Wildman–Crippen MR) is 101 cm³/mol. The third kappa shape index (κ3) is 4.02. The highest BCUT2D eigenvalue weighted by atomic mass is 16.5. The van der Waals surface area contributed by atoms with Crippen LogP contribution in [0.1, 0.15) is 50.2 Å². The van der Waals surface area contributed by atoms with E-state index in [0.29, 0.717) is 26.1 Å². The Kier molecular flexibility index (Phi) is 5.84. The van der Waals surface area contributed by atoms with E-state index in [1.54, 1.807) is 0 Å². The van der Waals surface area contributed by atoms with Crippen molar-refractivity contribution in [2.45, 2.75) is 52.4 Å². The second-order valence-corrected chi connectivity index (χ2v) is 7.59. The minimum atomic E-state index is -0.319. The van der Waals surface area contributed by atoms with E-state index in [0.717, 1.165) is 50.0 Å². The first-order valence-electron chi connectivity index (χ1n) is 9.82. The molecule has 5 heteroatoms. The summed E-state index contributed by atoms with van der Waals surface area (Å²) in [6, 6.07) is 6.24. The number of aryl methyl sites for hydroxylation is 2. The van der Waals surface area contributed by atoms with E-state index in [2.05, 4.69) is 24.4 Å². The van der Waals surface area contributed by atoms with Crippen molar-refractivity contribution < 1.29 is 14.3 Å². The molecule has 1 atom stereocenters. The molecular weight excluding hydrogens is 328 g/mol. The van der Waals surface area contributed by atoms with Gasteiger partial charge in [0.05, 0.1) is 12.0 Å². The minimum Gasteiger partial charge on any atom is -0.494 e. The minimum absolute atomic E-state index is 0.143. The lowest BCUT2D eigenvalue weighted by molar-refractivity contribution is -0.134. The van der Waals surface area contributed by atoms with Crippen LogP contribution in [0, 0.1) is 12.3 Å². The zero-order valence-corrected chi connectivity index (χ0v) is 16.0. The smallest absolute Gasteiger partial charge is 0.228 e. The van der Waals surface area contributed by atoms with Gasteiger partial charge in [0.25, 0.3) is 0 Å². The highest BCUT2D eigenvalue weighted by Gasteiger charge is 2.46. The maximum absolute atomic E-state index is 12.5. The molecule has 1 aromatic rings. The average molecular weight is 358 g/mol. The van der Waals surface area contributed by atoms with E-state index >= 15 is 0 Å². The number of rotatable bonds is 6. The molecule has 0 aromatic heterocycles. The number of ether oxygens (including phenoxy) is 1. The third-order valence-electron chi connectivity index (χ3n) is 5.70. The van der Waals surface area contributed by atoms with Crippen LogP contribution in [-0.4, -0.2) is 43.0 Å². The average Bonchev–Trinajstić information content (AvgIpc) is 3.05. The number of hydrogen-bond donors (Lipinski definition) is 1. The van der Waals surface area contributed by atoms with Gasteiger partial charge in [-0.3, -0.25) is 9.59 Å². The zero-order valence-electron chi connectivity index (χ0n) is 16.0. The number of nitrogens with zero attached hydrogens (tertiary/aromatic N) is 1. The van der Waals surface area contributed by atoms with Crippen LogP contribution in [0.4, 0.5) is 0 Å². The van der Waals surface area contributed by atoms with Crippen LogP contribution in [-0.2, 0) is 16.0 Å². The maximum atomic E-state index is 12.5. The van der Waals surface area contributed by atoms with Gasteiger partial charge in [-0.25, -0.2) is 0 Å². The Morgan fingerprint density at radius 3 is 2.92 bits per heavy atom. The fraction of sp³-hybridized carbons (Fsp3) is 0.619. The molecule has 2 amide bonds. The van der Waals surface area contributed by atoms with Crippen LogP contribution in [0.2, 0.25) is 0 Å². The SMILES string of the molecule is CCOc1ccc(CCCC(=O)N2CC[C@]3(CCCNC3=O)C2)cc1C. The highest BCUT2D eigenvalue weighted by molar-refractivity contribution is 5.86. The molecule has 2 aliphatic heterocycles. The largest absolute Gasteiger partial charge is 0.494 e. The molecule has 1 N–H and O–H groups in total. The standard InChI is InChI=1S/C21H30N2O3/c1-3-26-18-9-8-17(14-16(18)2)6-4-7-19(24)23-13-11-21(15-23)10-5-12-22-20(21)25/h8-9,14H,3-7,10-13,15H2,1-2H3,(H,22,25)/t21-/m1/s1. The van der Waals surface area contributed by atoms with Crippen LogP contribution in [0.25, 0.3) is 0 Å². The summed E-state index contributed by atoms with van der Waals surface area (Å²) >= 11 is 0. The van der Waals surface area contributed by atoms with Crippen LogP contribution in [0.15, 0.2) is 18.2 Å². The van der Waals surface area contributed by atoms with Crippen molar-refractivity contribution in [2.75, 3.05) is 26.2 Å². The van der Waals surface area contributed by atoms with E-state index in [-0.39, 0.29) is 17.2 Å². The number of carbonyl (C=O) groups excluding carboxylic acids is 2. The summed E-state index contributed by atoms with van der Waals surface area (Å²) in [5.41, 5.74) is 2.06. The fourth-order valence-corrected chi connectivity index (χ4v) is 4.19. The van der Waals surface area contributed by atoms with Gasteiger partial charge in [0.2, 0.25) is 11.8 Å². The summed E-state index contributed by atoms with van der Waals surface area (Å²) in [6.07, 6.45) is 5.01. The summed E-state index contributed by atoms with van der Waals surface area (Å²) in [6.45, 7) is 6.80. The lowest BCUT2D eigenvalue weighted by Gasteiger charge is -2.32. The summed E-state index contributed by atoms with van der Waals surface area (Å²) in [5.74, 6) is 1.26. The molecule has 2 heterocycles. The molecule has 5 nitrogen and oxygen atoms in total. The normalized spacial score (nSPS) is 22.5. The molecule has 0 unspecified atom stereocenters. The summed E-state index contributed by atoms with van der Waals surface area (Å²) < 4.78 is 5.57. The van der Waals surface area contributed by atoms with Gasteiger partial charge in [0.15, 0.2) is 0 Å². The van der Waals surface area contributed by atoms with Crippen LogP contribution in [0.3, 0.4) is 0 Å². The van der Waals surface area contributed by atoms with Crippen molar-refractivity contribution in [2.24, 2.45) is 5.41 Å². The molecule has 1 aromatic carbocycles. The van der Waals surface area contributed by atoms with Gasteiger partial charge in [-0.15, -0.1) is 0 Å². The van der Waals surface area contributed by atoms with Gasteiger partial charge >= 0.3 is 0 Å². The van der Waals surface area contributed by atoms with Crippen LogP contribution < -0.4 is 10.1 Å². The fourth-order valence-electron chi connectivity index (χ4n) is 4.19. The first-order chi connectivity index (χ1) is 12.5. The Hall–Kier alpha value is -2.04. The highest BCUT2D eigenvalue weighted by Crippen LogP contribution is 2.37. The second-order valence-electron chi connectivity index (χ2n) is 7.59. The molecular formula is C21H30N2O3. The molecule has 2 saturated heterocycles. The molecule has 2 fully saturated rings. The third-order valence-corrected chi connectivity index (χ3v) is 5.70. The number of likely N-dealkylation sites (tertiary alicyclic amines) is 1. The summed E-state index contributed by atoms with van der Waals surface area (Å²) in [5, 5.41) is 2.97. The van der Waals surface area contributed by atoms with E-state index in [4.69, 9.17) is 4.74 Å². The molecule has 0 radical (unpaired) electrons. The number of carbonyl (C=O) groups is 2. The molecule has 0 bridgehead atoms. The van der Waals surface area contributed by atoms with Gasteiger partial charge < -0.3 is 15.0 Å². The number of hydrogen-bond acceptors (Lipinski definition) is 3. The molecule has 26 heavy (non-hydrogen) atoms. The summed E-state index contributed by atoms with van der Waals surface area (Å²) in [7, 11) is 0. The van der Waals surface area contributed by atoms with E-state index in [1.165, 1.54) is 5.56 Å². The van der Waals surface area contributed by atoms with E-state index < -0.39 is 0 Å². The van der Waals surface area contributed by atoms with Gasteiger partial charge in [0.1, 0.15) is 5.75 Å². The monoisotopic (exact) mass is 358 g/mol.